The van der Waals surface area contributed by atoms with E-state index in [-0.39, 0.29) is 23.5 Å². The molecule has 1 heterocycles. The lowest BCUT2D eigenvalue weighted by atomic mass is 9.98. The molecule has 218 valence electrons. The van der Waals surface area contributed by atoms with E-state index < -0.39 is 0 Å². The van der Waals surface area contributed by atoms with Crippen LogP contribution in [0.5, 0.6) is 0 Å². The van der Waals surface area contributed by atoms with E-state index in [1.165, 1.54) is 18.9 Å². The third-order valence-electron chi connectivity index (χ3n) is 6.26. The Morgan fingerprint density at radius 1 is 1.02 bits per heavy atom. The third kappa shape index (κ3) is 13.3. The number of ketones is 1. The number of rotatable bonds is 12. The van der Waals surface area contributed by atoms with Crippen LogP contribution in [-0.4, -0.2) is 51.9 Å². The van der Waals surface area contributed by atoms with Gasteiger partial charge in [-0.2, -0.15) is 0 Å². The minimum Gasteiger partial charge on any atom is -0.352 e. The molecule has 2 N–H and O–H groups in total. The van der Waals surface area contributed by atoms with E-state index in [1.807, 2.05) is 49.4 Å². The van der Waals surface area contributed by atoms with Gasteiger partial charge in [-0.25, -0.2) is 4.98 Å². The predicted molar refractivity (Wildman–Crippen MR) is 164 cm³/mol. The van der Waals surface area contributed by atoms with Crippen LogP contribution >= 0.6 is 23.2 Å². The number of Topliss-reactive ketones (excluding diaryl/α,β-unsaturated/α-hetero) is 1. The van der Waals surface area contributed by atoms with Crippen LogP contribution < -0.4 is 5.32 Å². The molecule has 0 aliphatic carbocycles. The largest absolute Gasteiger partial charge is 0.352 e. The zero-order chi connectivity index (χ0) is 29.9. The number of nitrogens with zero attached hydrogens (tertiary/aromatic N) is 2. The number of aromatic nitrogens is 2. The van der Waals surface area contributed by atoms with Gasteiger partial charge in [0.05, 0.1) is 6.33 Å². The highest BCUT2D eigenvalue weighted by Crippen LogP contribution is 2.17. The summed E-state index contributed by atoms with van der Waals surface area (Å²) in [5.41, 5.74) is 3.64. The van der Waals surface area contributed by atoms with E-state index in [0.29, 0.717) is 38.0 Å². The van der Waals surface area contributed by atoms with Crippen LogP contribution in [0.4, 0.5) is 0 Å². The van der Waals surface area contributed by atoms with E-state index in [9.17, 15) is 14.4 Å². The Kier molecular flexibility index (Phi) is 17.3. The summed E-state index contributed by atoms with van der Waals surface area (Å²) in [6, 6.07) is 15.2. The van der Waals surface area contributed by atoms with E-state index in [0.717, 1.165) is 29.1 Å². The molecule has 3 aromatic rings. The summed E-state index contributed by atoms with van der Waals surface area (Å²) in [7, 11) is 0. The zero-order valence-corrected chi connectivity index (χ0v) is 25.7. The molecule has 0 bridgehead atoms. The molecule has 0 aliphatic rings. The summed E-state index contributed by atoms with van der Waals surface area (Å²) >= 11 is 10.3. The van der Waals surface area contributed by atoms with Gasteiger partial charge in [-0.15, -0.1) is 11.6 Å². The van der Waals surface area contributed by atoms with E-state index >= 15 is 0 Å². The molecule has 0 radical (unpaired) electrons. The highest BCUT2D eigenvalue weighted by molar-refractivity contribution is 6.30. The molecule has 0 saturated heterocycles. The maximum Gasteiger partial charge on any atom is 0.251 e. The maximum absolute atomic E-state index is 12.7. The lowest BCUT2D eigenvalue weighted by Crippen LogP contribution is -2.35. The highest BCUT2D eigenvalue weighted by atomic mass is 35.5. The molecule has 1 unspecified atom stereocenters. The Bertz CT molecular complexity index is 1150. The van der Waals surface area contributed by atoms with E-state index in [1.54, 1.807) is 30.4 Å². The zero-order valence-electron chi connectivity index (χ0n) is 24.2. The molecule has 0 saturated carbocycles. The van der Waals surface area contributed by atoms with Gasteiger partial charge in [0, 0.05) is 68.3 Å². The van der Waals surface area contributed by atoms with Crippen molar-refractivity contribution in [3.63, 3.8) is 0 Å². The van der Waals surface area contributed by atoms with Gasteiger partial charge in [0.15, 0.2) is 0 Å². The minimum absolute atomic E-state index is 0.0681. The number of alkyl halides is 1. The van der Waals surface area contributed by atoms with Gasteiger partial charge >= 0.3 is 0 Å². The van der Waals surface area contributed by atoms with Gasteiger partial charge < -0.3 is 20.0 Å². The second kappa shape index (κ2) is 19.8. The Morgan fingerprint density at radius 3 is 2.25 bits per heavy atom. The van der Waals surface area contributed by atoms with Crippen LogP contribution in [0.2, 0.25) is 5.02 Å². The molecule has 7 nitrogen and oxygen atoms in total. The molecule has 40 heavy (non-hydrogen) atoms. The van der Waals surface area contributed by atoms with Crippen LogP contribution in [0.15, 0.2) is 61.1 Å². The van der Waals surface area contributed by atoms with Gasteiger partial charge in [0.1, 0.15) is 5.78 Å². The third-order valence-corrected chi connectivity index (χ3v) is 6.51. The summed E-state index contributed by atoms with van der Waals surface area (Å²) in [6.07, 6.45) is 7.83. The predicted octanol–water partition coefficient (Wildman–Crippen LogP) is 6.49. The number of aryl methyl sites for hydroxylation is 1. The van der Waals surface area contributed by atoms with E-state index in [4.69, 9.17) is 11.6 Å². The molecule has 1 aromatic heterocycles. The molecular formula is C31H42Cl2N4O3. The van der Waals surface area contributed by atoms with Gasteiger partial charge in [0.25, 0.3) is 5.91 Å². The van der Waals surface area contributed by atoms with E-state index in [2.05, 4.69) is 33.8 Å². The number of imidazole rings is 1. The number of benzene rings is 2. The Labute approximate surface area is 248 Å². The number of carbonyl (C=O) groups excluding carboxylic acids is 3. The number of hydrogen-bond acceptors (Lipinski definition) is 4. The first-order valence-corrected chi connectivity index (χ1v) is 14.6. The molecule has 0 aliphatic heterocycles. The molecule has 3 rings (SSSR count). The van der Waals surface area contributed by atoms with Crippen LogP contribution in [0, 0.1) is 5.92 Å². The van der Waals surface area contributed by atoms with Gasteiger partial charge in [-0.1, -0.05) is 62.2 Å². The first-order chi connectivity index (χ1) is 19.2. The van der Waals surface area contributed by atoms with Crippen molar-refractivity contribution in [2.24, 2.45) is 5.92 Å². The van der Waals surface area contributed by atoms with Crippen molar-refractivity contribution in [2.45, 2.75) is 59.9 Å². The Balaban J connectivity index is 0.000000609. The summed E-state index contributed by atoms with van der Waals surface area (Å²) < 4.78 is 0. The molecule has 0 fully saturated rings. The number of amides is 2. The average molecular weight is 590 g/mol. The second-order valence-electron chi connectivity index (χ2n) is 9.30. The summed E-state index contributed by atoms with van der Waals surface area (Å²) in [5.74, 6) is 0.00467. The van der Waals surface area contributed by atoms with Crippen LogP contribution in [-0.2, 0) is 29.0 Å². The molecular weight excluding hydrogens is 547 g/mol. The molecule has 2 amide bonds. The van der Waals surface area contributed by atoms with Gasteiger partial charge in [-0.3, -0.25) is 9.59 Å². The fourth-order valence-electron chi connectivity index (χ4n) is 3.99. The number of carbonyl (C=O) groups is 3. The number of nitrogens with one attached hydrogen (secondary N) is 2. The van der Waals surface area contributed by atoms with Crippen molar-refractivity contribution in [2.75, 3.05) is 19.5 Å². The summed E-state index contributed by atoms with van der Waals surface area (Å²) in [6.45, 7) is 8.57. The van der Waals surface area contributed by atoms with Gasteiger partial charge in [0.2, 0.25) is 5.91 Å². The number of hydrogen-bond donors (Lipinski definition) is 2. The fraction of sp³-hybridized carbons (Fsp3) is 0.419. The lowest BCUT2D eigenvalue weighted by molar-refractivity contribution is -0.130. The molecule has 2 aromatic carbocycles. The SMILES string of the molecule is CCC(CC(C)=O)CN(Cc1ccccc1C(=O)NCCc1cnc[nH]1)C(C)=O.CCc1ccc(Cl)cc1.CCl. The average Bonchev–Trinajstić information content (AvgIpc) is 3.47. The van der Waals surface area contributed by atoms with Crippen molar-refractivity contribution in [3.8, 4) is 0 Å². The van der Waals surface area contributed by atoms with Crippen molar-refractivity contribution in [3.05, 3.63) is 88.5 Å². The molecule has 1 atom stereocenters. The Hall–Kier alpha value is -3.16. The topological polar surface area (TPSA) is 95.2 Å². The second-order valence-corrected chi connectivity index (χ2v) is 9.74. The van der Waals surface area contributed by atoms with Crippen LogP contribution in [0.3, 0.4) is 0 Å². The van der Waals surface area contributed by atoms with Crippen LogP contribution in [0.25, 0.3) is 0 Å². The summed E-state index contributed by atoms with van der Waals surface area (Å²) in [4.78, 5) is 45.1. The molecule has 9 heteroatoms. The van der Waals surface area contributed by atoms with Crippen LogP contribution in [0.1, 0.15) is 67.7 Å². The standard InChI is InChI=1S/C22H30N4O3.C8H9Cl.CH3Cl/c1-4-18(11-16(2)27)13-26(17(3)28)14-19-7-5-6-8-21(19)22(29)24-10-9-20-12-23-15-25-20;1-2-7-3-5-8(9)6-4-7;1-2/h5-8,12,15,18H,4,9-11,13-14H2,1-3H3,(H,23,25)(H,24,29);3-6H,2H2,1H3;1H3. The maximum atomic E-state index is 12.7. The minimum atomic E-state index is -0.167. The first-order valence-electron chi connectivity index (χ1n) is 13.4. The normalized spacial score (nSPS) is 10.8. The van der Waals surface area contributed by atoms with Crippen molar-refractivity contribution in [1.29, 1.82) is 0 Å². The molecule has 0 spiro atoms. The number of aromatic amines is 1. The van der Waals surface area contributed by atoms with Crippen molar-refractivity contribution in [1.82, 2.24) is 20.2 Å². The fourth-order valence-corrected chi connectivity index (χ4v) is 4.12. The Morgan fingerprint density at radius 2 is 1.70 bits per heavy atom. The smallest absolute Gasteiger partial charge is 0.251 e. The van der Waals surface area contributed by atoms with Gasteiger partial charge in [-0.05, 0) is 48.6 Å². The lowest BCUT2D eigenvalue weighted by Gasteiger charge is -2.26. The van der Waals surface area contributed by atoms with Crippen molar-refractivity contribution < 1.29 is 14.4 Å². The monoisotopic (exact) mass is 588 g/mol. The quantitative estimate of drug-likeness (QED) is 0.236. The number of H-pyrrole nitrogens is 1. The summed E-state index contributed by atoms with van der Waals surface area (Å²) in [5, 5.41) is 3.74. The van der Waals surface area contributed by atoms with Crippen molar-refractivity contribution >= 4 is 40.8 Å². The first kappa shape index (κ1) is 34.9. The highest BCUT2D eigenvalue weighted by Gasteiger charge is 2.19. The number of halogens is 2.